The van der Waals surface area contributed by atoms with Crippen molar-refractivity contribution in [3.63, 3.8) is 0 Å². The lowest BCUT2D eigenvalue weighted by Gasteiger charge is -2.47. The van der Waals surface area contributed by atoms with Crippen LogP contribution in [0.1, 0.15) is 117 Å². The maximum absolute atomic E-state index is 12.7. The van der Waals surface area contributed by atoms with E-state index in [0.29, 0.717) is 25.7 Å². The van der Waals surface area contributed by atoms with E-state index in [1.54, 1.807) is 0 Å². The average Bonchev–Trinajstić information content (AvgIpc) is 2.69. The number of Topliss-reactive ketones (excluding diaryl/α,β-unsaturated/α-hetero) is 1. The molecule has 2 atom stereocenters. The second kappa shape index (κ2) is 14.5. The molecule has 0 aromatic carbocycles. The highest BCUT2D eigenvalue weighted by atomic mass is 16.4. The number of unbranched alkanes of at least 4 members (excludes halogenated alkanes) is 10. The Morgan fingerprint density at radius 3 is 1.45 bits per heavy atom. The number of rotatable bonds is 19. The van der Waals surface area contributed by atoms with E-state index in [1.807, 2.05) is 0 Å². The van der Waals surface area contributed by atoms with Crippen LogP contribution in [0.3, 0.4) is 0 Å². The van der Waals surface area contributed by atoms with Gasteiger partial charge in [0, 0.05) is 6.42 Å². The molecule has 6 heteroatoms. The van der Waals surface area contributed by atoms with E-state index >= 15 is 0 Å². The van der Waals surface area contributed by atoms with Crippen LogP contribution >= 0.6 is 0 Å². The van der Waals surface area contributed by atoms with Crippen molar-refractivity contribution in [3.8, 4) is 0 Å². The minimum absolute atomic E-state index is 0.185. The molecule has 0 saturated carbocycles. The molecule has 170 valence electrons. The zero-order valence-corrected chi connectivity index (χ0v) is 18.6. The van der Waals surface area contributed by atoms with Crippen molar-refractivity contribution < 1.29 is 29.7 Å². The smallest absolute Gasteiger partial charge is 0.147 e. The molecule has 29 heavy (non-hydrogen) atoms. The second-order valence-corrected chi connectivity index (χ2v) is 8.15. The Morgan fingerprint density at radius 1 is 0.655 bits per heavy atom. The Labute approximate surface area is 176 Å². The Bertz CT molecular complexity index is 504. The van der Waals surface area contributed by atoms with Crippen molar-refractivity contribution in [2.45, 2.75) is 123 Å². The first-order chi connectivity index (χ1) is 13.7. The highest BCUT2D eigenvalue weighted by Gasteiger charge is 2.56. The number of carboxylic acids is 2. The molecule has 6 nitrogen and oxygen atoms in total. The van der Waals surface area contributed by atoms with E-state index in [9.17, 15) is 29.7 Å². The summed E-state index contributed by atoms with van der Waals surface area (Å²) < 4.78 is 0. The largest absolute Gasteiger partial charge is 0.549 e. The molecular formula is C23H40O6-2. The summed E-state index contributed by atoms with van der Waals surface area (Å²) in [5.74, 6) is -4.51. The number of ketones is 1. The van der Waals surface area contributed by atoms with E-state index in [2.05, 4.69) is 13.8 Å². The summed E-state index contributed by atoms with van der Waals surface area (Å²) in [6.07, 6.45) is 9.26. The summed E-state index contributed by atoms with van der Waals surface area (Å²) >= 11 is 0. The molecule has 0 aromatic heterocycles. The normalized spacial score (nSPS) is 15.4. The lowest BCUT2D eigenvalue weighted by molar-refractivity contribution is -0.349. The van der Waals surface area contributed by atoms with E-state index in [0.717, 1.165) is 51.4 Å². The van der Waals surface area contributed by atoms with Gasteiger partial charge in [0.1, 0.15) is 16.8 Å². The fourth-order valence-corrected chi connectivity index (χ4v) is 4.08. The van der Waals surface area contributed by atoms with Crippen LogP contribution in [0.15, 0.2) is 0 Å². The summed E-state index contributed by atoms with van der Waals surface area (Å²) in [7, 11) is 0. The first-order valence-electron chi connectivity index (χ1n) is 11.4. The van der Waals surface area contributed by atoms with Crippen LogP contribution in [-0.4, -0.2) is 28.4 Å². The van der Waals surface area contributed by atoms with Gasteiger partial charge >= 0.3 is 0 Å². The number of carboxylic acid groups (broad SMARTS) is 2. The van der Waals surface area contributed by atoms with Gasteiger partial charge in [-0.1, -0.05) is 97.8 Å². The van der Waals surface area contributed by atoms with Gasteiger partial charge in [-0.15, -0.1) is 0 Å². The van der Waals surface area contributed by atoms with Crippen molar-refractivity contribution in [3.05, 3.63) is 0 Å². The highest BCUT2D eigenvalue weighted by molar-refractivity contribution is 6.07. The number of hydrogen-bond donors (Lipinski definition) is 1. The summed E-state index contributed by atoms with van der Waals surface area (Å²) in [5.41, 5.74) is -5.22. The van der Waals surface area contributed by atoms with Gasteiger partial charge in [-0.3, -0.25) is 4.79 Å². The van der Waals surface area contributed by atoms with Gasteiger partial charge < -0.3 is 24.9 Å². The van der Waals surface area contributed by atoms with Crippen molar-refractivity contribution in [2.24, 2.45) is 5.41 Å². The molecule has 0 rings (SSSR count). The molecule has 0 amide bonds. The Hall–Kier alpha value is -1.43. The minimum atomic E-state index is -2.76. The molecule has 0 fully saturated rings. The summed E-state index contributed by atoms with van der Waals surface area (Å²) in [6, 6.07) is 0. The van der Waals surface area contributed by atoms with Crippen molar-refractivity contribution in [1.29, 1.82) is 0 Å². The number of hydrogen-bond acceptors (Lipinski definition) is 6. The van der Waals surface area contributed by atoms with Crippen LogP contribution in [0.2, 0.25) is 0 Å². The molecule has 0 aliphatic rings. The quantitative estimate of drug-likeness (QED) is 0.257. The predicted octanol–water partition coefficient (Wildman–Crippen LogP) is 2.68. The molecule has 0 saturated heterocycles. The Kier molecular flexibility index (Phi) is 13.8. The first kappa shape index (κ1) is 27.6. The highest BCUT2D eigenvalue weighted by Crippen LogP contribution is 2.42. The Balaban J connectivity index is 5.44. The number of aliphatic hydroxyl groups is 1. The third-order valence-corrected chi connectivity index (χ3v) is 5.99. The van der Waals surface area contributed by atoms with Gasteiger partial charge in [0.05, 0.1) is 11.9 Å². The van der Waals surface area contributed by atoms with Gasteiger partial charge in [0.15, 0.2) is 0 Å². The van der Waals surface area contributed by atoms with E-state index < -0.39 is 28.7 Å². The number of aliphatic carboxylic acids is 2. The SMILES string of the molecule is CCCCCCCCC(O)(C(=O)[O-])C(CCCCCCCC)(C(=O)[O-])C(=O)CC. The monoisotopic (exact) mass is 412 g/mol. The average molecular weight is 413 g/mol. The van der Waals surface area contributed by atoms with Crippen LogP contribution in [0.4, 0.5) is 0 Å². The van der Waals surface area contributed by atoms with E-state index in [4.69, 9.17) is 0 Å². The fourth-order valence-electron chi connectivity index (χ4n) is 4.08. The standard InChI is InChI=1S/C23H42O6/c1-4-7-9-11-13-15-17-22(20(25)26,19(24)6-3)23(29,21(27)28)18-16-14-12-10-8-5-2/h29H,4-18H2,1-3H3,(H,25,26)(H,27,28)/p-2. The first-order valence-corrected chi connectivity index (χ1v) is 11.4. The van der Waals surface area contributed by atoms with Gasteiger partial charge in [0.2, 0.25) is 0 Å². The van der Waals surface area contributed by atoms with Crippen LogP contribution in [0, 0.1) is 5.41 Å². The van der Waals surface area contributed by atoms with Crippen LogP contribution in [-0.2, 0) is 14.4 Å². The molecule has 0 aliphatic carbocycles. The third kappa shape index (κ3) is 7.72. The lowest BCUT2D eigenvalue weighted by Crippen LogP contribution is -2.68. The lowest BCUT2D eigenvalue weighted by atomic mass is 9.63. The number of carbonyl (C=O) groups is 3. The maximum Gasteiger partial charge on any atom is 0.147 e. The molecule has 0 heterocycles. The zero-order valence-electron chi connectivity index (χ0n) is 18.6. The molecule has 2 unspecified atom stereocenters. The summed E-state index contributed by atoms with van der Waals surface area (Å²) in [6.45, 7) is 5.65. The molecule has 0 aliphatic heterocycles. The van der Waals surface area contributed by atoms with Gasteiger partial charge in [-0.25, -0.2) is 0 Å². The van der Waals surface area contributed by atoms with Crippen molar-refractivity contribution >= 4 is 17.7 Å². The number of carbonyl (C=O) groups excluding carboxylic acids is 3. The maximum atomic E-state index is 12.7. The van der Waals surface area contributed by atoms with Gasteiger partial charge in [-0.2, -0.15) is 0 Å². The van der Waals surface area contributed by atoms with Crippen LogP contribution < -0.4 is 10.2 Å². The molecule has 1 N–H and O–H groups in total. The fraction of sp³-hybridized carbons (Fsp3) is 0.870. The van der Waals surface area contributed by atoms with Crippen LogP contribution in [0.25, 0.3) is 0 Å². The van der Waals surface area contributed by atoms with Crippen LogP contribution in [0.5, 0.6) is 0 Å². The summed E-state index contributed by atoms with van der Waals surface area (Å²) in [5, 5.41) is 35.1. The van der Waals surface area contributed by atoms with Crippen molar-refractivity contribution in [2.75, 3.05) is 0 Å². The molecule has 0 radical (unpaired) electrons. The molecule has 0 bridgehead atoms. The minimum Gasteiger partial charge on any atom is -0.549 e. The molecule has 0 spiro atoms. The van der Waals surface area contributed by atoms with Gasteiger partial charge in [0.25, 0.3) is 0 Å². The molecular weight excluding hydrogens is 372 g/mol. The third-order valence-electron chi connectivity index (χ3n) is 5.99. The second-order valence-electron chi connectivity index (χ2n) is 8.15. The van der Waals surface area contributed by atoms with E-state index in [1.165, 1.54) is 6.92 Å². The topological polar surface area (TPSA) is 118 Å². The zero-order chi connectivity index (χ0) is 22.3. The van der Waals surface area contributed by atoms with Crippen molar-refractivity contribution in [1.82, 2.24) is 0 Å². The molecule has 0 aromatic rings. The predicted molar refractivity (Wildman–Crippen MR) is 109 cm³/mol. The Morgan fingerprint density at radius 2 is 1.07 bits per heavy atom. The van der Waals surface area contributed by atoms with E-state index in [-0.39, 0.29) is 19.3 Å². The summed E-state index contributed by atoms with van der Waals surface area (Å²) in [4.78, 5) is 36.8. The van der Waals surface area contributed by atoms with Gasteiger partial charge in [-0.05, 0) is 12.8 Å².